The van der Waals surface area contributed by atoms with E-state index in [0.29, 0.717) is 18.5 Å². The molecule has 2 fully saturated rings. The summed E-state index contributed by atoms with van der Waals surface area (Å²) in [6.07, 6.45) is 0.201. The van der Waals surface area contributed by atoms with Crippen LogP contribution in [0.2, 0.25) is 0 Å². The van der Waals surface area contributed by atoms with Crippen molar-refractivity contribution in [2.24, 2.45) is 5.92 Å². The maximum absolute atomic E-state index is 12.5. The molecule has 2 aliphatic rings. The molecule has 3 rings (SSSR count). The van der Waals surface area contributed by atoms with E-state index in [0.717, 1.165) is 39.3 Å². The van der Waals surface area contributed by atoms with Crippen molar-refractivity contribution >= 4 is 29.2 Å². The highest BCUT2D eigenvalue weighted by Gasteiger charge is 2.38. The normalized spacial score (nSPS) is 21.7. The Balaban J connectivity index is 0.000000469. The number of ether oxygens (including phenoxy) is 1. The van der Waals surface area contributed by atoms with Gasteiger partial charge in [-0.05, 0) is 32.3 Å². The molecule has 0 radical (unpaired) electrons. The van der Waals surface area contributed by atoms with Crippen LogP contribution in [-0.2, 0) is 25.7 Å². The molecule has 2 N–H and O–H groups in total. The van der Waals surface area contributed by atoms with Crippen LogP contribution >= 0.6 is 11.3 Å². The number of thiophene rings is 1. The Labute approximate surface area is 180 Å². The van der Waals surface area contributed by atoms with Gasteiger partial charge in [-0.15, -0.1) is 11.3 Å². The van der Waals surface area contributed by atoms with Crippen LogP contribution in [0.15, 0.2) is 17.5 Å². The third kappa shape index (κ3) is 7.35. The van der Waals surface area contributed by atoms with Gasteiger partial charge < -0.3 is 19.8 Å². The fourth-order valence-electron chi connectivity index (χ4n) is 3.43. The molecule has 1 aromatic heterocycles. The van der Waals surface area contributed by atoms with Crippen molar-refractivity contribution in [1.29, 1.82) is 0 Å². The van der Waals surface area contributed by atoms with Crippen LogP contribution < -0.4 is 0 Å². The third-order valence-corrected chi connectivity index (χ3v) is 6.24. The summed E-state index contributed by atoms with van der Waals surface area (Å²) in [5, 5.41) is 16.9. The zero-order chi connectivity index (χ0) is 22.3. The van der Waals surface area contributed by atoms with Gasteiger partial charge in [-0.2, -0.15) is 0 Å². The van der Waals surface area contributed by atoms with Crippen molar-refractivity contribution in [2.45, 2.75) is 32.5 Å². The lowest BCUT2D eigenvalue weighted by Gasteiger charge is -2.25. The van der Waals surface area contributed by atoms with Gasteiger partial charge in [0.15, 0.2) is 0 Å². The second-order valence-corrected chi connectivity index (χ2v) is 8.93. The van der Waals surface area contributed by atoms with Gasteiger partial charge in [-0.25, -0.2) is 9.59 Å². The molecule has 0 unspecified atom stereocenters. The summed E-state index contributed by atoms with van der Waals surface area (Å²) < 4.78 is 6.06. The number of hydrogen-bond acceptors (Lipinski definition) is 7. The number of rotatable bonds is 5. The number of carboxylic acids is 2. The highest BCUT2D eigenvalue weighted by atomic mass is 32.1. The summed E-state index contributed by atoms with van der Waals surface area (Å²) in [6.45, 7) is 10.1. The average Bonchev–Trinajstić information content (AvgIpc) is 3.28. The van der Waals surface area contributed by atoms with E-state index in [2.05, 4.69) is 41.2 Å². The van der Waals surface area contributed by atoms with E-state index in [1.54, 1.807) is 0 Å². The van der Waals surface area contributed by atoms with Crippen LogP contribution in [0.5, 0.6) is 0 Å². The maximum Gasteiger partial charge on any atom is 0.414 e. The number of amides is 1. The molecule has 30 heavy (non-hydrogen) atoms. The summed E-state index contributed by atoms with van der Waals surface area (Å²) in [6, 6.07) is 4.69. The average molecular weight is 442 g/mol. The minimum absolute atomic E-state index is 0.201. The number of aliphatic carboxylic acids is 2. The molecular weight excluding hydrogens is 410 g/mol. The Hall–Kier alpha value is -2.01. The summed E-state index contributed by atoms with van der Waals surface area (Å²) in [5.74, 6) is -2.99. The van der Waals surface area contributed by atoms with Gasteiger partial charge in [0.2, 0.25) is 5.91 Å². The van der Waals surface area contributed by atoms with Gasteiger partial charge >= 0.3 is 11.9 Å². The molecule has 0 aromatic carbocycles. The molecule has 1 amide bonds. The highest BCUT2D eigenvalue weighted by molar-refractivity contribution is 7.09. The van der Waals surface area contributed by atoms with Crippen molar-refractivity contribution in [1.82, 2.24) is 14.7 Å². The van der Waals surface area contributed by atoms with Crippen LogP contribution in [0.4, 0.5) is 0 Å². The van der Waals surface area contributed by atoms with Crippen molar-refractivity contribution in [3.63, 3.8) is 0 Å². The quantitative estimate of drug-likeness (QED) is 0.649. The number of carbonyl (C=O) groups is 3. The van der Waals surface area contributed by atoms with E-state index in [1.165, 1.54) is 4.88 Å². The Bertz CT molecular complexity index is 699. The van der Waals surface area contributed by atoms with Gasteiger partial charge in [0, 0.05) is 49.6 Å². The molecule has 3 heterocycles. The minimum Gasteiger partial charge on any atom is -0.473 e. The summed E-state index contributed by atoms with van der Waals surface area (Å²) in [7, 11) is 2.01. The van der Waals surface area contributed by atoms with E-state index >= 15 is 0 Å². The predicted octanol–water partition coefficient (Wildman–Crippen LogP) is 0.903. The second kappa shape index (κ2) is 11.4. The Kier molecular flexibility index (Phi) is 9.22. The monoisotopic (exact) mass is 441 g/mol. The van der Waals surface area contributed by atoms with E-state index in [1.807, 2.05) is 23.3 Å². The first kappa shape index (κ1) is 24.3. The van der Waals surface area contributed by atoms with Crippen molar-refractivity contribution < 1.29 is 29.3 Å². The Morgan fingerprint density at radius 2 is 1.93 bits per heavy atom. The van der Waals surface area contributed by atoms with E-state index in [4.69, 9.17) is 24.5 Å². The number of hydrogen-bond donors (Lipinski definition) is 2. The van der Waals surface area contributed by atoms with E-state index in [9.17, 15) is 4.79 Å². The number of likely N-dealkylation sites (N-methyl/N-ethyl adjacent to an activating group) is 1. The SMILES string of the molecule is CC(C)N(C)CC(=O)N1C[C@@H]2CN(Cc3cccs3)CCO[C@@H]2C1.O=C(O)C(=O)O. The van der Waals surface area contributed by atoms with Crippen molar-refractivity contribution in [3.05, 3.63) is 22.4 Å². The molecule has 0 spiro atoms. The summed E-state index contributed by atoms with van der Waals surface area (Å²) >= 11 is 1.81. The molecule has 2 atom stereocenters. The first-order valence-corrected chi connectivity index (χ1v) is 10.9. The van der Waals surface area contributed by atoms with Crippen LogP contribution in [-0.4, -0.2) is 101 Å². The van der Waals surface area contributed by atoms with Crippen molar-refractivity contribution in [2.75, 3.05) is 46.4 Å². The lowest BCUT2D eigenvalue weighted by Crippen LogP contribution is -2.41. The van der Waals surface area contributed by atoms with Crippen molar-refractivity contribution in [3.8, 4) is 0 Å². The summed E-state index contributed by atoms with van der Waals surface area (Å²) in [4.78, 5) is 38.7. The molecule has 1 aromatic rings. The van der Waals surface area contributed by atoms with Gasteiger partial charge in [0.25, 0.3) is 0 Å². The van der Waals surface area contributed by atoms with Crippen LogP contribution in [0.1, 0.15) is 18.7 Å². The largest absolute Gasteiger partial charge is 0.473 e. The smallest absolute Gasteiger partial charge is 0.414 e. The zero-order valence-corrected chi connectivity index (χ0v) is 18.5. The molecule has 2 saturated heterocycles. The first-order chi connectivity index (χ1) is 14.2. The Morgan fingerprint density at radius 3 is 2.50 bits per heavy atom. The molecule has 10 heteroatoms. The zero-order valence-electron chi connectivity index (χ0n) is 17.7. The minimum atomic E-state index is -1.82. The number of carboxylic acid groups (broad SMARTS) is 2. The number of likely N-dealkylation sites (tertiary alicyclic amines) is 1. The molecule has 168 valence electrons. The van der Waals surface area contributed by atoms with Gasteiger partial charge in [0.1, 0.15) is 0 Å². The fourth-order valence-corrected chi connectivity index (χ4v) is 4.17. The molecule has 0 saturated carbocycles. The topological polar surface area (TPSA) is 111 Å². The highest BCUT2D eigenvalue weighted by Crippen LogP contribution is 2.25. The molecule has 9 nitrogen and oxygen atoms in total. The van der Waals surface area contributed by atoms with Gasteiger partial charge in [0.05, 0.1) is 19.3 Å². The summed E-state index contributed by atoms with van der Waals surface area (Å²) in [5.41, 5.74) is 0. The fraction of sp³-hybridized carbons (Fsp3) is 0.650. The van der Waals surface area contributed by atoms with Gasteiger partial charge in [-0.3, -0.25) is 14.6 Å². The van der Waals surface area contributed by atoms with E-state index in [-0.39, 0.29) is 12.0 Å². The molecular formula is C20H31N3O6S. The number of carbonyl (C=O) groups excluding carboxylic acids is 1. The van der Waals surface area contributed by atoms with E-state index < -0.39 is 11.9 Å². The third-order valence-electron chi connectivity index (χ3n) is 5.37. The Morgan fingerprint density at radius 1 is 1.23 bits per heavy atom. The lowest BCUT2D eigenvalue weighted by molar-refractivity contribution is -0.159. The molecule has 2 aliphatic heterocycles. The number of fused-ring (bicyclic) bond motifs is 1. The second-order valence-electron chi connectivity index (χ2n) is 7.90. The van der Waals surface area contributed by atoms with Crippen LogP contribution in [0.3, 0.4) is 0 Å². The van der Waals surface area contributed by atoms with Crippen LogP contribution in [0.25, 0.3) is 0 Å². The number of nitrogens with zero attached hydrogens (tertiary/aromatic N) is 3. The first-order valence-electron chi connectivity index (χ1n) is 9.98. The lowest BCUT2D eigenvalue weighted by atomic mass is 10.1. The molecule has 0 bridgehead atoms. The maximum atomic E-state index is 12.5. The van der Waals surface area contributed by atoms with Gasteiger partial charge in [-0.1, -0.05) is 6.07 Å². The van der Waals surface area contributed by atoms with Crippen LogP contribution in [0, 0.1) is 5.92 Å². The predicted molar refractivity (Wildman–Crippen MR) is 112 cm³/mol. The standard InChI is InChI=1S/C18H29N3O2S.C2H2O4/c1-14(2)19(3)13-18(22)21-10-15-9-20(6-7-23-17(15)12-21)11-16-5-4-8-24-16;3-1(4)2(5)6/h4-5,8,14-15,17H,6-7,9-13H2,1-3H3;(H,3,4)(H,5,6)/t15-,17+;/m0./s1. The molecule has 0 aliphatic carbocycles.